The summed E-state index contributed by atoms with van der Waals surface area (Å²) >= 11 is 0. The third-order valence-corrected chi connectivity index (χ3v) is 9.67. The number of ether oxygens (including phenoxy) is 1. The Bertz CT molecular complexity index is 1840. The lowest BCUT2D eigenvalue weighted by Crippen LogP contribution is -2.49. The second-order valence-corrected chi connectivity index (χ2v) is 12.5. The molecule has 2 aliphatic rings. The lowest BCUT2D eigenvalue weighted by atomic mass is 9.84. The van der Waals surface area contributed by atoms with Gasteiger partial charge in [0, 0.05) is 44.4 Å². The number of aromatic amines is 1. The average molecular weight is 565 g/mol. The third kappa shape index (κ3) is 4.35. The molecule has 2 aliphatic heterocycles. The number of nitrogens with zero attached hydrogens (tertiary/aromatic N) is 5. The molecule has 0 aliphatic carbocycles. The SMILES string of the molecule is CCCc1nn(C)c2c(=O)[nH]c(-c3cc(S(=O)(=O)N4C[C@@H]5C[C@H](C4)c4cccc(=O)n4C5)ccc3OCC)nc12. The minimum atomic E-state index is -3.89. The Morgan fingerprint density at radius 1 is 1.10 bits per heavy atom. The molecule has 2 atom stereocenters. The summed E-state index contributed by atoms with van der Waals surface area (Å²) in [5, 5.41) is 4.48. The van der Waals surface area contributed by atoms with E-state index in [1.165, 1.54) is 21.1 Å². The van der Waals surface area contributed by atoms with Gasteiger partial charge in [0.15, 0.2) is 5.52 Å². The van der Waals surface area contributed by atoms with Crippen molar-refractivity contribution in [2.75, 3.05) is 19.7 Å². The zero-order valence-corrected chi connectivity index (χ0v) is 23.6. The van der Waals surface area contributed by atoms with Gasteiger partial charge in [0.1, 0.15) is 17.1 Å². The van der Waals surface area contributed by atoms with E-state index in [0.29, 0.717) is 60.7 Å². The van der Waals surface area contributed by atoms with Crippen LogP contribution in [0.15, 0.2) is 50.9 Å². The molecule has 0 amide bonds. The fourth-order valence-electron chi connectivity index (χ4n) is 6.11. The Balaban J connectivity index is 1.42. The molecule has 5 heterocycles. The van der Waals surface area contributed by atoms with Gasteiger partial charge in [-0.3, -0.25) is 14.3 Å². The van der Waals surface area contributed by atoms with E-state index in [1.54, 1.807) is 29.8 Å². The van der Waals surface area contributed by atoms with Crippen LogP contribution in [0.25, 0.3) is 22.4 Å². The Kier molecular flexibility index (Phi) is 6.62. The van der Waals surface area contributed by atoms with Crippen LogP contribution in [0.2, 0.25) is 0 Å². The van der Waals surface area contributed by atoms with Crippen LogP contribution in [0, 0.1) is 5.92 Å². The van der Waals surface area contributed by atoms with E-state index in [9.17, 15) is 18.0 Å². The quantitative estimate of drug-likeness (QED) is 0.365. The van der Waals surface area contributed by atoms with Crippen molar-refractivity contribution in [2.45, 2.75) is 50.5 Å². The molecule has 3 aromatic heterocycles. The van der Waals surface area contributed by atoms with E-state index >= 15 is 0 Å². The minimum absolute atomic E-state index is 0.0474. The maximum absolute atomic E-state index is 14.0. The molecule has 40 heavy (non-hydrogen) atoms. The second kappa shape index (κ2) is 10.0. The topological polar surface area (TPSA) is 132 Å². The van der Waals surface area contributed by atoms with Crippen molar-refractivity contribution in [2.24, 2.45) is 13.0 Å². The lowest BCUT2D eigenvalue weighted by Gasteiger charge is -2.42. The highest BCUT2D eigenvalue weighted by Crippen LogP contribution is 2.38. The summed E-state index contributed by atoms with van der Waals surface area (Å²) in [6, 6.07) is 9.88. The van der Waals surface area contributed by atoms with Crippen molar-refractivity contribution in [3.8, 4) is 17.1 Å². The molecule has 4 aromatic rings. The van der Waals surface area contributed by atoms with E-state index in [1.807, 2.05) is 19.9 Å². The molecule has 210 valence electrons. The molecule has 2 bridgehead atoms. The molecule has 1 saturated heterocycles. The summed E-state index contributed by atoms with van der Waals surface area (Å²) in [7, 11) is -2.18. The Morgan fingerprint density at radius 2 is 1.93 bits per heavy atom. The van der Waals surface area contributed by atoms with Gasteiger partial charge in [0.25, 0.3) is 11.1 Å². The number of rotatable bonds is 7. The molecule has 0 spiro atoms. The van der Waals surface area contributed by atoms with Crippen molar-refractivity contribution in [3.05, 3.63) is 68.5 Å². The predicted molar refractivity (Wildman–Crippen MR) is 150 cm³/mol. The standard InChI is InChI=1S/C28H32N6O5S/c1-4-7-21-25-26(32(3)31-21)28(36)30-27(29-25)20-13-19(10-11-23(20)39-5-2)40(37,38)33-14-17-12-18(16-33)22-8-6-9-24(35)34(22)15-17/h6,8-11,13,17-18H,4-5,7,12,14-16H2,1-3H3,(H,29,30,36)/t17-,18+/m0/s1. The van der Waals surface area contributed by atoms with Gasteiger partial charge in [-0.15, -0.1) is 0 Å². The highest BCUT2D eigenvalue weighted by atomic mass is 32.2. The summed E-state index contributed by atoms with van der Waals surface area (Å²) in [5.41, 5.74) is 2.45. The van der Waals surface area contributed by atoms with Crippen LogP contribution in [0.3, 0.4) is 0 Å². The Hall–Kier alpha value is -3.77. The van der Waals surface area contributed by atoms with Crippen molar-refractivity contribution in [1.29, 1.82) is 0 Å². The lowest BCUT2D eigenvalue weighted by molar-refractivity contribution is 0.186. The molecule has 6 rings (SSSR count). The van der Waals surface area contributed by atoms with Crippen LogP contribution in [-0.2, 0) is 30.0 Å². The molecule has 12 heteroatoms. The Morgan fingerprint density at radius 3 is 2.70 bits per heavy atom. The van der Waals surface area contributed by atoms with Gasteiger partial charge < -0.3 is 14.3 Å². The maximum Gasteiger partial charge on any atom is 0.277 e. The summed E-state index contributed by atoms with van der Waals surface area (Å²) in [4.78, 5) is 33.2. The molecule has 1 aromatic carbocycles. The molecule has 0 radical (unpaired) electrons. The molecule has 1 fully saturated rings. The largest absolute Gasteiger partial charge is 0.493 e. The van der Waals surface area contributed by atoms with Crippen LogP contribution in [0.4, 0.5) is 0 Å². The Labute approximate surface area is 231 Å². The molecule has 11 nitrogen and oxygen atoms in total. The minimum Gasteiger partial charge on any atom is -0.493 e. The first kappa shape index (κ1) is 26.5. The number of H-pyrrole nitrogens is 1. The number of aromatic nitrogens is 5. The molecular weight excluding hydrogens is 532 g/mol. The first-order valence-electron chi connectivity index (χ1n) is 13.6. The number of nitrogens with one attached hydrogen (secondary N) is 1. The van der Waals surface area contributed by atoms with E-state index in [2.05, 4.69) is 10.1 Å². The van der Waals surface area contributed by atoms with Gasteiger partial charge in [0.2, 0.25) is 10.0 Å². The monoisotopic (exact) mass is 564 g/mol. The molecule has 0 saturated carbocycles. The normalized spacial score (nSPS) is 19.1. The number of benzene rings is 1. The van der Waals surface area contributed by atoms with Crippen LogP contribution in [0.5, 0.6) is 5.75 Å². The van der Waals surface area contributed by atoms with E-state index in [4.69, 9.17) is 9.72 Å². The summed E-state index contributed by atoms with van der Waals surface area (Å²) in [6.07, 6.45) is 2.34. The number of hydrogen-bond donors (Lipinski definition) is 1. The number of hydrogen-bond acceptors (Lipinski definition) is 7. The molecule has 1 N–H and O–H groups in total. The maximum atomic E-state index is 14.0. The predicted octanol–water partition coefficient (Wildman–Crippen LogP) is 2.64. The van der Waals surface area contributed by atoms with Gasteiger partial charge in [-0.1, -0.05) is 19.4 Å². The fourth-order valence-corrected chi connectivity index (χ4v) is 7.70. The fraction of sp³-hybridized carbons (Fsp3) is 0.429. The summed E-state index contributed by atoms with van der Waals surface area (Å²) in [6.45, 7) is 5.35. The zero-order valence-electron chi connectivity index (χ0n) is 22.8. The van der Waals surface area contributed by atoms with Gasteiger partial charge in [-0.25, -0.2) is 13.4 Å². The van der Waals surface area contributed by atoms with Gasteiger partial charge >= 0.3 is 0 Å². The first-order valence-corrected chi connectivity index (χ1v) is 15.1. The molecule has 0 unspecified atom stereocenters. The van der Waals surface area contributed by atoms with Crippen molar-refractivity contribution < 1.29 is 13.2 Å². The second-order valence-electron chi connectivity index (χ2n) is 10.5. The first-order chi connectivity index (χ1) is 19.2. The number of piperidine rings is 1. The number of sulfonamides is 1. The highest BCUT2D eigenvalue weighted by Gasteiger charge is 2.39. The van der Waals surface area contributed by atoms with Gasteiger partial charge in [-0.2, -0.15) is 9.40 Å². The van der Waals surface area contributed by atoms with E-state index in [-0.39, 0.29) is 33.7 Å². The summed E-state index contributed by atoms with van der Waals surface area (Å²) in [5.74, 6) is 0.647. The molecular formula is C28H32N6O5S. The van der Waals surface area contributed by atoms with Crippen LogP contribution >= 0.6 is 0 Å². The summed E-state index contributed by atoms with van der Waals surface area (Å²) < 4.78 is 38.6. The van der Waals surface area contributed by atoms with Crippen molar-refractivity contribution in [3.63, 3.8) is 0 Å². The van der Waals surface area contributed by atoms with E-state index in [0.717, 1.165) is 18.5 Å². The number of aryl methyl sites for hydroxylation is 2. The highest BCUT2D eigenvalue weighted by molar-refractivity contribution is 7.89. The number of pyridine rings is 1. The van der Waals surface area contributed by atoms with Gasteiger partial charge in [-0.05, 0) is 49.9 Å². The van der Waals surface area contributed by atoms with E-state index < -0.39 is 10.0 Å². The van der Waals surface area contributed by atoms with Crippen LogP contribution in [-0.4, -0.2) is 56.7 Å². The van der Waals surface area contributed by atoms with Crippen molar-refractivity contribution >= 4 is 21.1 Å². The van der Waals surface area contributed by atoms with Gasteiger partial charge in [0.05, 0.1) is 22.8 Å². The van der Waals surface area contributed by atoms with Crippen LogP contribution < -0.4 is 15.9 Å². The zero-order chi connectivity index (χ0) is 28.2. The smallest absolute Gasteiger partial charge is 0.277 e. The van der Waals surface area contributed by atoms with Crippen molar-refractivity contribution in [1.82, 2.24) is 28.6 Å². The number of fused-ring (bicyclic) bond motifs is 5. The average Bonchev–Trinajstić information content (AvgIpc) is 3.25. The third-order valence-electron chi connectivity index (χ3n) is 7.84. The van der Waals surface area contributed by atoms with Crippen LogP contribution in [0.1, 0.15) is 44.0 Å².